The van der Waals surface area contributed by atoms with Gasteiger partial charge in [0.15, 0.2) is 0 Å². The Hall–Kier alpha value is -0.170. The first-order valence-corrected chi connectivity index (χ1v) is 7.22. The summed E-state index contributed by atoms with van der Waals surface area (Å²) in [5.74, 6) is 0.191. The summed E-state index contributed by atoms with van der Waals surface area (Å²) in [7, 11) is -2.85. The third-order valence-electron chi connectivity index (χ3n) is 2.11. The molecule has 1 atom stereocenters. The number of ether oxygens (including phenoxy) is 2. The third-order valence-corrected chi connectivity index (χ3v) is 3.14. The van der Waals surface area contributed by atoms with Crippen LogP contribution in [0.3, 0.4) is 0 Å². The van der Waals surface area contributed by atoms with Crippen molar-refractivity contribution < 1.29 is 17.9 Å². The van der Waals surface area contributed by atoms with E-state index in [1.807, 2.05) is 0 Å². The van der Waals surface area contributed by atoms with Gasteiger partial charge in [0.2, 0.25) is 0 Å². The zero-order valence-corrected chi connectivity index (χ0v) is 9.88. The highest BCUT2D eigenvalue weighted by Crippen LogP contribution is 1.97. The van der Waals surface area contributed by atoms with Gasteiger partial charge in [-0.3, -0.25) is 0 Å². The molecule has 0 aromatic carbocycles. The Labute approximate surface area is 91.1 Å². The largest absolute Gasteiger partial charge is 0.379 e. The number of sulfone groups is 1. The molecule has 1 heterocycles. The molecule has 90 valence electrons. The molecule has 1 saturated heterocycles. The first-order chi connectivity index (χ1) is 7.08. The van der Waals surface area contributed by atoms with Crippen molar-refractivity contribution in [3.05, 3.63) is 0 Å². The Morgan fingerprint density at radius 1 is 1.53 bits per heavy atom. The maximum absolute atomic E-state index is 10.8. The van der Waals surface area contributed by atoms with Gasteiger partial charge in [0.25, 0.3) is 0 Å². The molecule has 1 rings (SSSR count). The Morgan fingerprint density at radius 3 is 2.93 bits per heavy atom. The minimum Gasteiger partial charge on any atom is -0.379 e. The van der Waals surface area contributed by atoms with Crippen molar-refractivity contribution in [2.75, 3.05) is 44.9 Å². The fraction of sp³-hybridized carbons (Fsp3) is 1.00. The third kappa shape index (κ3) is 6.83. The fourth-order valence-electron chi connectivity index (χ4n) is 1.36. The van der Waals surface area contributed by atoms with Crippen LogP contribution in [0.2, 0.25) is 0 Å². The molecule has 5 nitrogen and oxygen atoms in total. The van der Waals surface area contributed by atoms with Gasteiger partial charge in [0.1, 0.15) is 9.84 Å². The monoisotopic (exact) mass is 237 g/mol. The molecular weight excluding hydrogens is 218 g/mol. The van der Waals surface area contributed by atoms with Crippen LogP contribution in [0.1, 0.15) is 6.42 Å². The van der Waals surface area contributed by atoms with E-state index in [4.69, 9.17) is 9.47 Å². The van der Waals surface area contributed by atoms with E-state index in [1.165, 1.54) is 6.26 Å². The number of rotatable bonds is 6. The van der Waals surface area contributed by atoms with E-state index in [2.05, 4.69) is 5.32 Å². The molecule has 1 aliphatic rings. The molecule has 0 spiro atoms. The molecule has 1 N–H and O–H groups in total. The predicted molar refractivity (Wildman–Crippen MR) is 57.8 cm³/mol. The van der Waals surface area contributed by atoms with E-state index in [9.17, 15) is 8.42 Å². The summed E-state index contributed by atoms with van der Waals surface area (Å²) in [4.78, 5) is 0. The molecule has 0 saturated carbocycles. The van der Waals surface area contributed by atoms with Crippen LogP contribution in [0.5, 0.6) is 0 Å². The first kappa shape index (κ1) is 12.9. The van der Waals surface area contributed by atoms with Crippen molar-refractivity contribution in [3.63, 3.8) is 0 Å². The lowest BCUT2D eigenvalue weighted by Crippen LogP contribution is -2.41. The van der Waals surface area contributed by atoms with Crippen LogP contribution in [-0.4, -0.2) is 59.4 Å². The second-order valence-electron chi connectivity index (χ2n) is 3.76. The summed E-state index contributed by atoms with van der Waals surface area (Å²) in [6.07, 6.45) is 1.90. The van der Waals surface area contributed by atoms with Gasteiger partial charge in [-0.1, -0.05) is 0 Å². The second kappa shape index (κ2) is 6.42. The average molecular weight is 237 g/mol. The highest BCUT2D eigenvalue weighted by Gasteiger charge is 2.12. The summed E-state index contributed by atoms with van der Waals surface area (Å²) in [6, 6.07) is 0. The van der Waals surface area contributed by atoms with Crippen LogP contribution in [0.4, 0.5) is 0 Å². The quantitative estimate of drug-likeness (QED) is 0.627. The minimum absolute atomic E-state index is 0.108. The van der Waals surface area contributed by atoms with Crippen molar-refractivity contribution >= 4 is 9.84 Å². The van der Waals surface area contributed by atoms with Crippen LogP contribution in [0.15, 0.2) is 0 Å². The van der Waals surface area contributed by atoms with E-state index in [1.54, 1.807) is 0 Å². The molecule has 1 unspecified atom stereocenters. The van der Waals surface area contributed by atoms with Crippen molar-refractivity contribution in [2.45, 2.75) is 12.5 Å². The number of morpholine rings is 1. The van der Waals surface area contributed by atoms with Crippen molar-refractivity contribution in [1.82, 2.24) is 5.32 Å². The summed E-state index contributed by atoms with van der Waals surface area (Å²) in [5.41, 5.74) is 0. The fourth-order valence-corrected chi connectivity index (χ4v) is 2.01. The van der Waals surface area contributed by atoms with E-state index in [0.29, 0.717) is 19.6 Å². The Bertz CT molecular complexity index is 259. The molecule has 6 heteroatoms. The standard InChI is InChI=1S/C9H19NO4S/c1-15(11,12)6-2-4-13-8-9-7-10-3-5-14-9/h9-10H,2-8H2,1H3. The van der Waals surface area contributed by atoms with Crippen LogP contribution < -0.4 is 5.32 Å². The normalized spacial score (nSPS) is 22.9. The summed E-state index contributed by atoms with van der Waals surface area (Å²) >= 11 is 0. The Kier molecular flexibility index (Phi) is 5.52. The first-order valence-electron chi connectivity index (χ1n) is 5.16. The van der Waals surface area contributed by atoms with Gasteiger partial charge in [-0.15, -0.1) is 0 Å². The Morgan fingerprint density at radius 2 is 2.33 bits per heavy atom. The van der Waals surface area contributed by atoms with Crippen LogP contribution in [-0.2, 0) is 19.3 Å². The lowest BCUT2D eigenvalue weighted by atomic mass is 10.3. The summed E-state index contributed by atoms with van der Waals surface area (Å²) < 4.78 is 32.4. The molecule has 0 aromatic rings. The average Bonchev–Trinajstić information content (AvgIpc) is 2.17. The summed E-state index contributed by atoms with van der Waals surface area (Å²) in [6.45, 7) is 3.44. The van der Waals surface area contributed by atoms with Crippen LogP contribution in [0, 0.1) is 0 Å². The van der Waals surface area contributed by atoms with E-state index < -0.39 is 9.84 Å². The van der Waals surface area contributed by atoms with Crippen molar-refractivity contribution in [3.8, 4) is 0 Å². The number of hydrogen-bond acceptors (Lipinski definition) is 5. The molecule has 1 aliphatic heterocycles. The molecule has 15 heavy (non-hydrogen) atoms. The van der Waals surface area contributed by atoms with Crippen LogP contribution in [0.25, 0.3) is 0 Å². The summed E-state index contributed by atoms with van der Waals surface area (Å²) in [5, 5.41) is 3.20. The predicted octanol–water partition coefficient (Wildman–Crippen LogP) is -0.574. The highest BCUT2D eigenvalue weighted by molar-refractivity contribution is 7.90. The topological polar surface area (TPSA) is 64.6 Å². The van der Waals surface area contributed by atoms with Gasteiger partial charge in [-0.25, -0.2) is 8.42 Å². The SMILES string of the molecule is CS(=O)(=O)CCCOCC1CNCCO1. The highest BCUT2D eigenvalue weighted by atomic mass is 32.2. The molecule has 0 amide bonds. The van der Waals surface area contributed by atoms with Gasteiger partial charge in [0, 0.05) is 26.0 Å². The van der Waals surface area contributed by atoms with Gasteiger partial charge in [-0.2, -0.15) is 0 Å². The maximum atomic E-state index is 10.8. The molecule has 0 radical (unpaired) electrons. The number of hydrogen-bond donors (Lipinski definition) is 1. The van der Waals surface area contributed by atoms with Gasteiger partial charge in [-0.05, 0) is 6.42 Å². The minimum atomic E-state index is -2.85. The number of nitrogens with one attached hydrogen (secondary N) is 1. The zero-order valence-electron chi connectivity index (χ0n) is 9.07. The molecule has 0 aromatic heterocycles. The Balaban J connectivity index is 1.96. The van der Waals surface area contributed by atoms with Crippen molar-refractivity contribution in [2.24, 2.45) is 0 Å². The molecule has 0 bridgehead atoms. The molecule has 1 fully saturated rings. The van der Waals surface area contributed by atoms with Crippen molar-refractivity contribution in [1.29, 1.82) is 0 Å². The molecular formula is C9H19NO4S. The van der Waals surface area contributed by atoms with E-state index >= 15 is 0 Å². The molecule has 0 aliphatic carbocycles. The van der Waals surface area contributed by atoms with E-state index in [0.717, 1.165) is 19.7 Å². The van der Waals surface area contributed by atoms with Gasteiger partial charge < -0.3 is 14.8 Å². The smallest absolute Gasteiger partial charge is 0.147 e. The van der Waals surface area contributed by atoms with E-state index in [-0.39, 0.29) is 11.9 Å². The maximum Gasteiger partial charge on any atom is 0.147 e. The zero-order chi connectivity index (χ0) is 11.1. The van der Waals surface area contributed by atoms with Gasteiger partial charge in [0.05, 0.1) is 25.1 Å². The lowest BCUT2D eigenvalue weighted by molar-refractivity contribution is -0.0310. The van der Waals surface area contributed by atoms with Gasteiger partial charge >= 0.3 is 0 Å². The van der Waals surface area contributed by atoms with Crippen LogP contribution >= 0.6 is 0 Å². The lowest BCUT2D eigenvalue weighted by Gasteiger charge is -2.23. The second-order valence-corrected chi connectivity index (χ2v) is 6.02.